The Morgan fingerprint density at radius 1 is 0.404 bits per heavy atom. The zero-order chi connectivity index (χ0) is 34.5. The zero-order valence-electron chi connectivity index (χ0n) is 27.1. The van der Waals surface area contributed by atoms with E-state index >= 15 is 0 Å². The van der Waals surface area contributed by atoms with Crippen LogP contribution >= 0.6 is 0 Å². The summed E-state index contributed by atoms with van der Waals surface area (Å²) in [4.78, 5) is 65.4. The molecule has 3 aliphatic heterocycles. The van der Waals surface area contributed by atoms with Gasteiger partial charge in [-0.25, -0.2) is 29.9 Å². The number of fused-ring (bicyclic) bond motifs is 21. The van der Waals surface area contributed by atoms with Gasteiger partial charge in [-0.15, -0.1) is 0 Å². The van der Waals surface area contributed by atoms with Crippen LogP contribution < -0.4 is 0 Å². The van der Waals surface area contributed by atoms with Gasteiger partial charge in [-0.1, -0.05) is 103 Å². The Morgan fingerprint density at radius 2 is 0.788 bits per heavy atom. The van der Waals surface area contributed by atoms with Gasteiger partial charge in [0.15, 0.2) is 23.3 Å². The quantitative estimate of drug-likeness (QED) is 0.178. The summed E-state index contributed by atoms with van der Waals surface area (Å²) in [6.07, 6.45) is 0. The van der Waals surface area contributed by atoms with Crippen LogP contribution in [-0.2, 0) is 6.54 Å². The lowest BCUT2D eigenvalue weighted by molar-refractivity contribution is 0.0642. The van der Waals surface area contributed by atoms with Crippen LogP contribution in [0.25, 0.3) is 89.7 Å². The van der Waals surface area contributed by atoms with Gasteiger partial charge in [0.25, 0.3) is 11.8 Å². The molecule has 8 bridgehead atoms. The van der Waals surface area contributed by atoms with Gasteiger partial charge in [-0.2, -0.15) is 0 Å². The number of amides is 2. The second kappa shape index (κ2) is 10.6. The minimum absolute atomic E-state index is 0.0374. The van der Waals surface area contributed by atoms with E-state index in [0.717, 1.165) is 38.2 Å². The van der Waals surface area contributed by atoms with E-state index in [2.05, 4.69) is 9.97 Å². The van der Waals surface area contributed by atoms with E-state index in [4.69, 9.17) is 29.9 Å². The molecule has 11 heteroatoms. The average Bonchev–Trinajstić information content (AvgIpc) is 3.96. The highest BCUT2D eigenvalue weighted by atomic mass is 16.2. The van der Waals surface area contributed by atoms with Crippen molar-refractivity contribution in [3.8, 4) is 45.6 Å². The predicted octanol–water partition coefficient (Wildman–Crippen LogP) is 7.67. The first-order valence-electron chi connectivity index (χ1n) is 16.8. The normalized spacial score (nSPS) is 13.1. The van der Waals surface area contributed by atoms with Crippen LogP contribution in [0.2, 0.25) is 0 Å². The number of nitrogens with zero attached hydrogens (tertiary/aromatic N) is 7. The van der Waals surface area contributed by atoms with E-state index in [-0.39, 0.29) is 18.4 Å². The molecule has 0 unspecified atom stereocenters. The predicted molar refractivity (Wildman–Crippen MR) is 197 cm³/mol. The molecular formula is C41H23N9O2. The lowest BCUT2D eigenvalue weighted by atomic mass is 10.0. The first kappa shape index (κ1) is 28.4. The maximum atomic E-state index is 13.5. The molecule has 52 heavy (non-hydrogen) atoms. The van der Waals surface area contributed by atoms with Gasteiger partial charge in [0.05, 0.1) is 17.7 Å². The molecule has 3 aromatic heterocycles. The van der Waals surface area contributed by atoms with Crippen molar-refractivity contribution in [2.24, 2.45) is 0 Å². The zero-order valence-corrected chi connectivity index (χ0v) is 27.1. The van der Waals surface area contributed by atoms with Crippen molar-refractivity contribution >= 4 is 55.9 Å². The van der Waals surface area contributed by atoms with Gasteiger partial charge in [0, 0.05) is 43.8 Å². The Kier molecular flexibility index (Phi) is 5.77. The Morgan fingerprint density at radius 3 is 1.29 bits per heavy atom. The molecule has 0 saturated carbocycles. The molecule has 3 aliphatic rings. The number of imide groups is 1. The summed E-state index contributed by atoms with van der Waals surface area (Å²) in [6.45, 7) is 0.0374. The molecule has 244 valence electrons. The standard InChI is InChI=1S/C41H23N9O2/c51-40-28-17-7-8-18-29(28)41(52)50(40)20-21-10-9-19-30-31(21)39-48-37-27-16-6-5-15-26(27)35(46-37)44-33-23-12-2-1-11-22(23)32(42-33)43-34-24-13-3-4-14-25(24)36(45-34)47-38(30)49-39/h1-19H,20H2,(H2,42,43,44,45,46,47,48,49). The molecule has 0 radical (unpaired) electrons. The number of nitrogens with one attached hydrogen (secondary N) is 2. The highest BCUT2D eigenvalue weighted by molar-refractivity contribution is 6.21. The largest absolute Gasteiger partial charge is 0.324 e. The topological polar surface area (TPSA) is 146 Å². The number of benzene rings is 5. The molecule has 11 nitrogen and oxygen atoms in total. The molecule has 6 heterocycles. The molecule has 5 aromatic carbocycles. The van der Waals surface area contributed by atoms with Gasteiger partial charge in [-0.3, -0.25) is 14.5 Å². The summed E-state index contributed by atoms with van der Waals surface area (Å²) in [5.41, 5.74) is 6.99. The number of hydrogen-bond donors (Lipinski definition) is 2. The number of aromatic amines is 2. The van der Waals surface area contributed by atoms with Crippen molar-refractivity contribution < 1.29 is 9.59 Å². The number of carbonyl (C=O) groups excluding carboxylic acids is 2. The van der Waals surface area contributed by atoms with Gasteiger partial charge in [-0.05, 0) is 17.7 Å². The monoisotopic (exact) mass is 673 g/mol. The summed E-state index contributed by atoms with van der Waals surface area (Å²) in [5.74, 6) is 1.23. The summed E-state index contributed by atoms with van der Waals surface area (Å²) in [5, 5.41) is 3.45. The third kappa shape index (κ3) is 4.07. The van der Waals surface area contributed by atoms with E-state index in [0.29, 0.717) is 68.1 Å². The van der Waals surface area contributed by atoms with Crippen LogP contribution in [0.5, 0.6) is 0 Å². The highest BCUT2D eigenvalue weighted by Crippen LogP contribution is 2.39. The third-order valence-corrected chi connectivity index (χ3v) is 9.87. The fourth-order valence-electron chi connectivity index (χ4n) is 7.44. The smallest absolute Gasteiger partial charge is 0.261 e. The van der Waals surface area contributed by atoms with Crippen LogP contribution in [0, 0.1) is 0 Å². The first-order valence-corrected chi connectivity index (χ1v) is 16.8. The minimum atomic E-state index is -0.335. The van der Waals surface area contributed by atoms with Gasteiger partial charge in [0.1, 0.15) is 22.6 Å². The molecular weight excluding hydrogens is 651 g/mol. The summed E-state index contributed by atoms with van der Waals surface area (Å²) in [7, 11) is 0. The first-order chi connectivity index (χ1) is 25.6. The van der Waals surface area contributed by atoms with Crippen LogP contribution in [0.3, 0.4) is 0 Å². The fourth-order valence-corrected chi connectivity index (χ4v) is 7.44. The van der Waals surface area contributed by atoms with Gasteiger partial charge in [0.2, 0.25) is 0 Å². The molecule has 11 rings (SSSR count). The maximum Gasteiger partial charge on any atom is 0.261 e. The van der Waals surface area contributed by atoms with E-state index in [1.54, 1.807) is 24.3 Å². The SMILES string of the molecule is O=C1c2ccccc2C(=O)N1Cc1cccc2c1-c1nc-2nc2[nH]c(nc3nc(nc4[nH]c(n1)c1ccccc41)-c1ccccc1-3)c1ccccc21. The van der Waals surface area contributed by atoms with Crippen molar-refractivity contribution in [2.45, 2.75) is 6.54 Å². The van der Waals surface area contributed by atoms with E-state index in [1.165, 1.54) is 4.90 Å². The summed E-state index contributed by atoms with van der Waals surface area (Å²) in [6, 6.07) is 36.3. The molecule has 2 amide bonds. The number of hydrogen-bond acceptors (Lipinski definition) is 8. The van der Waals surface area contributed by atoms with Crippen LogP contribution in [0.1, 0.15) is 26.3 Å². The number of rotatable bonds is 2. The van der Waals surface area contributed by atoms with E-state index in [1.807, 2.05) is 91.0 Å². The van der Waals surface area contributed by atoms with Gasteiger partial charge >= 0.3 is 0 Å². The lowest BCUT2D eigenvalue weighted by Crippen LogP contribution is -2.29. The molecule has 0 saturated heterocycles. The van der Waals surface area contributed by atoms with Crippen LogP contribution in [0.4, 0.5) is 0 Å². The Balaban J connectivity index is 1.23. The summed E-state index contributed by atoms with van der Waals surface area (Å²) < 4.78 is 0. The summed E-state index contributed by atoms with van der Waals surface area (Å²) >= 11 is 0. The molecule has 0 spiro atoms. The Labute approximate surface area is 293 Å². The highest BCUT2D eigenvalue weighted by Gasteiger charge is 2.36. The van der Waals surface area contributed by atoms with Crippen molar-refractivity contribution in [1.29, 1.82) is 0 Å². The van der Waals surface area contributed by atoms with Crippen molar-refractivity contribution in [3.05, 3.63) is 132 Å². The number of H-pyrrole nitrogens is 2. The average molecular weight is 674 g/mol. The number of aromatic nitrogens is 8. The third-order valence-electron chi connectivity index (χ3n) is 9.87. The van der Waals surface area contributed by atoms with Crippen molar-refractivity contribution in [3.63, 3.8) is 0 Å². The molecule has 0 atom stereocenters. The minimum Gasteiger partial charge on any atom is -0.324 e. The Hall–Kier alpha value is -7.40. The molecule has 0 aliphatic carbocycles. The van der Waals surface area contributed by atoms with E-state index in [9.17, 15) is 9.59 Å². The number of carbonyl (C=O) groups is 2. The second-order valence-electron chi connectivity index (χ2n) is 12.8. The maximum absolute atomic E-state index is 13.5. The lowest BCUT2D eigenvalue weighted by Gasteiger charge is -2.16. The molecule has 8 aromatic rings. The van der Waals surface area contributed by atoms with Crippen LogP contribution in [-0.4, -0.2) is 56.6 Å². The Bertz CT molecular complexity index is 3030. The molecule has 0 fully saturated rings. The van der Waals surface area contributed by atoms with E-state index < -0.39 is 0 Å². The van der Waals surface area contributed by atoms with Crippen molar-refractivity contribution in [2.75, 3.05) is 0 Å². The van der Waals surface area contributed by atoms with Gasteiger partial charge < -0.3 is 9.97 Å². The van der Waals surface area contributed by atoms with Crippen molar-refractivity contribution in [1.82, 2.24) is 44.8 Å². The fraction of sp³-hybridized carbons (Fsp3) is 0.0244. The second-order valence-corrected chi connectivity index (χ2v) is 12.8. The molecule has 2 N–H and O–H groups in total. The van der Waals surface area contributed by atoms with Crippen LogP contribution in [0.15, 0.2) is 115 Å².